The van der Waals surface area contributed by atoms with Crippen molar-refractivity contribution in [3.63, 3.8) is 0 Å². The van der Waals surface area contributed by atoms with E-state index in [1.807, 2.05) is 6.07 Å². The molecule has 15 nitrogen and oxygen atoms in total. The molecule has 1 aliphatic carbocycles. The zero-order valence-electron chi connectivity index (χ0n) is 20.4. The zero-order chi connectivity index (χ0) is 28.7. The first-order chi connectivity index (χ1) is 18.4. The second-order valence-electron chi connectivity index (χ2n) is 8.05. The smallest absolute Gasteiger partial charge is 0.369 e. The number of rotatable bonds is 11. The average molecular weight is 557 g/mol. The van der Waals surface area contributed by atoms with E-state index in [1.54, 1.807) is 12.1 Å². The summed E-state index contributed by atoms with van der Waals surface area (Å²) in [4.78, 5) is 44.8. The van der Waals surface area contributed by atoms with Crippen LogP contribution in [0.1, 0.15) is 22.5 Å². The van der Waals surface area contributed by atoms with Gasteiger partial charge in [-0.05, 0) is 25.0 Å². The number of aliphatic imine (C=N–C) groups is 1. The Morgan fingerprint density at radius 2 is 2.08 bits per heavy atom. The van der Waals surface area contributed by atoms with Gasteiger partial charge < -0.3 is 36.4 Å². The molecular weight excluding hydrogens is 532 g/mol. The monoisotopic (exact) mass is 556 g/mol. The van der Waals surface area contributed by atoms with Gasteiger partial charge in [0.2, 0.25) is 0 Å². The SMILES string of the molecule is COc1c(N/C(=C/C(N)=NC(=O)C2CC2)C(=N)C(=O)NC(O)(O)O)cccc1-c1ncc(C(=O)NCC#N)s1. The highest BCUT2D eigenvalue weighted by Crippen LogP contribution is 2.39. The van der Waals surface area contributed by atoms with Gasteiger partial charge in [-0.1, -0.05) is 6.07 Å². The molecule has 0 unspecified atom stereocenters. The van der Waals surface area contributed by atoms with Gasteiger partial charge in [0.1, 0.15) is 28.0 Å². The number of methoxy groups -OCH3 is 1. The standard InChI is InChI=1S/C23H24N8O7S/c1-38-18-12(22-28-10-15(39-22)20(33)27-8-7-24)3-2-4-13(18)29-14(17(26)21(34)31-23(35,36)37)9-16(25)30-19(32)11-5-6-11/h2-4,9-11,26,29,35-37H,5-6,8H2,1H3,(H,27,33)(H,31,34)(H2,25,30,32)/b14-9+,26-17?. The van der Waals surface area contributed by atoms with Gasteiger partial charge in [0.15, 0.2) is 5.75 Å². The maximum absolute atomic E-state index is 12.4. The third-order valence-corrected chi connectivity index (χ3v) is 6.04. The molecular formula is C23H24N8O7S. The molecule has 1 heterocycles. The molecule has 0 saturated heterocycles. The van der Waals surface area contributed by atoms with Gasteiger partial charge in [0, 0.05) is 12.0 Å². The average Bonchev–Trinajstić information content (AvgIpc) is 3.61. The van der Waals surface area contributed by atoms with Crippen LogP contribution in [0.4, 0.5) is 5.69 Å². The first-order valence-corrected chi connectivity index (χ1v) is 12.0. The van der Waals surface area contributed by atoms with Crippen LogP contribution in [0.25, 0.3) is 10.6 Å². The topological polar surface area (TPSA) is 256 Å². The fourth-order valence-electron chi connectivity index (χ4n) is 3.12. The number of amidine groups is 1. The predicted octanol–water partition coefficient (Wildman–Crippen LogP) is -0.614. The first kappa shape index (κ1) is 28.9. The number of carbonyl (C=O) groups excluding carboxylic acids is 3. The van der Waals surface area contributed by atoms with Crippen molar-refractivity contribution in [1.82, 2.24) is 15.6 Å². The van der Waals surface area contributed by atoms with Crippen molar-refractivity contribution < 1.29 is 34.4 Å². The summed E-state index contributed by atoms with van der Waals surface area (Å²) in [6.45, 7) is -0.175. The lowest BCUT2D eigenvalue weighted by atomic mass is 10.1. The Bertz CT molecular complexity index is 1400. The van der Waals surface area contributed by atoms with Crippen LogP contribution in [0.5, 0.6) is 5.75 Å². The van der Waals surface area contributed by atoms with E-state index in [-0.39, 0.29) is 40.3 Å². The van der Waals surface area contributed by atoms with Crippen LogP contribution in [0.2, 0.25) is 0 Å². The number of para-hydroxylation sites is 1. The first-order valence-electron chi connectivity index (χ1n) is 11.2. The summed E-state index contributed by atoms with van der Waals surface area (Å²) in [7, 11) is 1.35. The van der Waals surface area contributed by atoms with Crippen LogP contribution in [-0.4, -0.2) is 69.3 Å². The summed E-state index contributed by atoms with van der Waals surface area (Å²) >= 11 is 1.02. The van der Waals surface area contributed by atoms with E-state index in [2.05, 4.69) is 20.6 Å². The highest BCUT2D eigenvalue weighted by atomic mass is 32.1. The van der Waals surface area contributed by atoms with Gasteiger partial charge in [-0.2, -0.15) is 10.3 Å². The zero-order valence-corrected chi connectivity index (χ0v) is 21.2. The highest BCUT2D eigenvalue weighted by Gasteiger charge is 2.30. The molecule has 0 atom stereocenters. The molecule has 1 aromatic heterocycles. The highest BCUT2D eigenvalue weighted by molar-refractivity contribution is 7.17. The molecule has 0 spiro atoms. The number of ether oxygens (including phenoxy) is 1. The molecule has 39 heavy (non-hydrogen) atoms. The van der Waals surface area contributed by atoms with Crippen molar-refractivity contribution in [1.29, 1.82) is 10.7 Å². The number of hydrogen-bond donors (Lipinski definition) is 8. The number of hydrogen-bond acceptors (Lipinski definition) is 12. The fraction of sp³-hybridized carbons (Fsp3) is 0.261. The van der Waals surface area contributed by atoms with Gasteiger partial charge >= 0.3 is 6.10 Å². The van der Waals surface area contributed by atoms with Crippen molar-refractivity contribution in [2.24, 2.45) is 16.6 Å². The lowest BCUT2D eigenvalue weighted by molar-refractivity contribution is -0.325. The molecule has 0 aliphatic heterocycles. The summed E-state index contributed by atoms with van der Waals surface area (Å²) in [5.74, 6) is -2.75. The molecule has 0 radical (unpaired) electrons. The second-order valence-corrected chi connectivity index (χ2v) is 9.08. The Morgan fingerprint density at radius 3 is 2.69 bits per heavy atom. The van der Waals surface area contributed by atoms with Gasteiger partial charge in [-0.15, -0.1) is 11.3 Å². The van der Waals surface area contributed by atoms with E-state index in [0.717, 1.165) is 17.4 Å². The number of nitrogens with one attached hydrogen (secondary N) is 4. The number of nitrogens with zero attached hydrogens (tertiary/aromatic N) is 3. The Morgan fingerprint density at radius 1 is 1.36 bits per heavy atom. The normalized spacial score (nSPS) is 13.7. The van der Waals surface area contributed by atoms with E-state index in [0.29, 0.717) is 23.4 Å². The van der Waals surface area contributed by atoms with E-state index >= 15 is 0 Å². The van der Waals surface area contributed by atoms with Gasteiger partial charge in [0.05, 0.1) is 36.3 Å². The molecule has 3 amide bonds. The Hall–Kier alpha value is -4.69. The van der Waals surface area contributed by atoms with Crippen molar-refractivity contribution in [3.05, 3.63) is 41.0 Å². The number of benzene rings is 1. The number of aliphatic hydroxyl groups is 3. The van der Waals surface area contributed by atoms with Crippen LogP contribution in [0.3, 0.4) is 0 Å². The Kier molecular flexibility index (Phi) is 9.06. The van der Waals surface area contributed by atoms with Crippen LogP contribution in [-0.2, 0) is 9.59 Å². The van der Waals surface area contributed by atoms with Crippen LogP contribution < -0.4 is 26.4 Å². The number of amides is 3. The molecule has 9 N–H and O–H groups in total. The number of anilines is 1. The van der Waals surface area contributed by atoms with E-state index in [4.69, 9.17) is 36.5 Å². The van der Waals surface area contributed by atoms with Crippen molar-refractivity contribution >= 4 is 46.3 Å². The number of nitrogens with two attached hydrogens (primary N) is 1. The third kappa shape index (κ3) is 7.90. The fourth-order valence-corrected chi connectivity index (χ4v) is 3.97. The summed E-state index contributed by atoms with van der Waals surface area (Å²) in [5, 5.41) is 51.1. The lowest BCUT2D eigenvalue weighted by Crippen LogP contribution is -2.51. The largest absolute Gasteiger partial charge is 0.494 e. The quantitative estimate of drug-likeness (QED) is 0.0749. The predicted molar refractivity (Wildman–Crippen MR) is 138 cm³/mol. The summed E-state index contributed by atoms with van der Waals surface area (Å²) < 4.78 is 5.52. The van der Waals surface area contributed by atoms with Crippen molar-refractivity contribution in [2.45, 2.75) is 18.9 Å². The number of aromatic nitrogens is 1. The van der Waals surface area contributed by atoms with Crippen LogP contribution >= 0.6 is 11.3 Å². The van der Waals surface area contributed by atoms with Crippen LogP contribution in [0.15, 0.2) is 41.2 Å². The van der Waals surface area contributed by atoms with Crippen LogP contribution in [0, 0.1) is 22.7 Å². The number of thiazole rings is 1. The van der Waals surface area contributed by atoms with Gasteiger partial charge in [-0.3, -0.25) is 25.1 Å². The van der Waals surface area contributed by atoms with Crippen molar-refractivity contribution in [2.75, 3.05) is 19.0 Å². The minimum atomic E-state index is -3.60. The maximum Gasteiger partial charge on any atom is 0.369 e. The molecule has 3 rings (SSSR count). The van der Waals surface area contributed by atoms with Gasteiger partial charge in [0.25, 0.3) is 17.7 Å². The summed E-state index contributed by atoms with van der Waals surface area (Å²) in [6.07, 6.45) is 0.100. The van der Waals surface area contributed by atoms with Crippen molar-refractivity contribution in [3.8, 4) is 22.4 Å². The minimum absolute atomic E-state index is 0.175. The molecule has 1 saturated carbocycles. The molecule has 2 aromatic rings. The lowest BCUT2D eigenvalue weighted by Gasteiger charge is -2.19. The number of nitriles is 1. The third-order valence-electron chi connectivity index (χ3n) is 5.01. The van der Waals surface area contributed by atoms with E-state index in [9.17, 15) is 14.4 Å². The molecule has 1 fully saturated rings. The molecule has 204 valence electrons. The molecule has 0 bridgehead atoms. The molecule has 16 heteroatoms. The Balaban J connectivity index is 1.98. The Labute approximate surface area is 225 Å². The maximum atomic E-state index is 12.4. The van der Waals surface area contributed by atoms with E-state index in [1.165, 1.54) is 24.7 Å². The van der Waals surface area contributed by atoms with Gasteiger partial charge in [-0.25, -0.2) is 4.98 Å². The van der Waals surface area contributed by atoms with E-state index < -0.39 is 29.5 Å². The second kappa shape index (κ2) is 12.2. The molecule has 1 aromatic carbocycles. The summed E-state index contributed by atoms with van der Waals surface area (Å²) in [6, 6.07) is 6.56. The molecule has 1 aliphatic rings. The summed E-state index contributed by atoms with van der Waals surface area (Å²) in [5.41, 5.74) is 5.22. The minimum Gasteiger partial charge on any atom is -0.494 e. The number of carbonyl (C=O) groups is 3.